The highest BCUT2D eigenvalue weighted by molar-refractivity contribution is 5.89. The van der Waals surface area contributed by atoms with E-state index in [0.29, 0.717) is 13.1 Å². The summed E-state index contributed by atoms with van der Waals surface area (Å²) in [5, 5.41) is 2.96. The van der Waals surface area contributed by atoms with E-state index in [1.54, 1.807) is 12.0 Å². The zero-order chi connectivity index (χ0) is 20.5. The minimum atomic E-state index is -0.676. The zero-order valence-electron chi connectivity index (χ0n) is 17.1. The number of rotatable bonds is 9. The van der Waals surface area contributed by atoms with E-state index >= 15 is 0 Å². The van der Waals surface area contributed by atoms with E-state index < -0.39 is 6.04 Å². The molecule has 0 saturated heterocycles. The van der Waals surface area contributed by atoms with Crippen molar-refractivity contribution in [2.75, 3.05) is 13.7 Å². The molecule has 0 heterocycles. The maximum absolute atomic E-state index is 13.1. The third-order valence-corrected chi connectivity index (χ3v) is 4.51. The Kier molecular flexibility index (Phi) is 8.05. The molecule has 28 heavy (non-hydrogen) atoms. The van der Waals surface area contributed by atoms with Crippen LogP contribution in [-0.4, -0.2) is 30.4 Å². The molecule has 2 aromatic rings. The summed E-state index contributed by atoms with van der Waals surface area (Å²) in [4.78, 5) is 27.8. The van der Waals surface area contributed by atoms with E-state index in [4.69, 9.17) is 4.74 Å². The van der Waals surface area contributed by atoms with E-state index in [1.807, 2.05) is 75.4 Å². The topological polar surface area (TPSA) is 58.6 Å². The Morgan fingerprint density at radius 3 is 2.21 bits per heavy atom. The van der Waals surface area contributed by atoms with Gasteiger partial charge in [-0.25, -0.2) is 0 Å². The second kappa shape index (κ2) is 10.5. The molecular weight excluding hydrogens is 352 g/mol. The first kappa shape index (κ1) is 21.5. The van der Waals surface area contributed by atoms with Crippen LogP contribution < -0.4 is 10.1 Å². The fourth-order valence-electron chi connectivity index (χ4n) is 3.01. The Balaban J connectivity index is 2.42. The molecule has 0 aromatic heterocycles. The Hall–Kier alpha value is -2.82. The molecule has 0 unspecified atom stereocenters. The lowest BCUT2D eigenvalue weighted by atomic mass is 10.0. The summed E-state index contributed by atoms with van der Waals surface area (Å²) in [5.41, 5.74) is 1.75. The van der Waals surface area contributed by atoms with Gasteiger partial charge < -0.3 is 15.0 Å². The number of nitrogens with one attached hydrogen (secondary N) is 1. The first-order chi connectivity index (χ1) is 13.5. The van der Waals surface area contributed by atoms with E-state index in [2.05, 4.69) is 5.32 Å². The van der Waals surface area contributed by atoms with Gasteiger partial charge in [0.15, 0.2) is 0 Å². The van der Waals surface area contributed by atoms with Gasteiger partial charge in [0.25, 0.3) is 0 Å². The number of benzene rings is 2. The van der Waals surface area contributed by atoms with Gasteiger partial charge in [-0.15, -0.1) is 0 Å². The summed E-state index contributed by atoms with van der Waals surface area (Å²) in [5.74, 6) is 0.320. The van der Waals surface area contributed by atoms with Crippen LogP contribution in [0.1, 0.15) is 44.4 Å². The van der Waals surface area contributed by atoms with Crippen LogP contribution in [0, 0.1) is 5.92 Å². The van der Waals surface area contributed by atoms with Crippen molar-refractivity contribution in [2.45, 2.75) is 39.8 Å². The number of carbonyl (C=O) groups is 2. The lowest BCUT2D eigenvalue weighted by molar-refractivity contribution is -0.144. The Bertz CT molecular complexity index is 757. The third kappa shape index (κ3) is 5.59. The molecule has 0 aliphatic heterocycles. The zero-order valence-corrected chi connectivity index (χ0v) is 17.1. The van der Waals surface area contributed by atoms with Gasteiger partial charge in [0.1, 0.15) is 11.8 Å². The molecule has 150 valence electrons. The second-order valence-electron chi connectivity index (χ2n) is 7.07. The van der Waals surface area contributed by atoms with Crippen LogP contribution in [0.25, 0.3) is 0 Å². The molecule has 2 amide bonds. The van der Waals surface area contributed by atoms with E-state index in [-0.39, 0.29) is 17.7 Å². The summed E-state index contributed by atoms with van der Waals surface area (Å²) in [7, 11) is 1.62. The van der Waals surface area contributed by atoms with Crippen molar-refractivity contribution in [1.29, 1.82) is 0 Å². The molecule has 0 radical (unpaired) electrons. The molecule has 2 rings (SSSR count). The molecule has 5 heteroatoms. The highest BCUT2D eigenvalue weighted by Crippen LogP contribution is 2.26. The Morgan fingerprint density at radius 1 is 1.04 bits per heavy atom. The fourth-order valence-corrected chi connectivity index (χ4v) is 3.01. The van der Waals surface area contributed by atoms with Gasteiger partial charge in [0.2, 0.25) is 11.8 Å². The quantitative estimate of drug-likeness (QED) is 0.714. The summed E-state index contributed by atoms with van der Waals surface area (Å²) < 4.78 is 5.21. The number of nitrogens with zero attached hydrogens (tertiary/aromatic N) is 1. The average molecular weight is 383 g/mol. The molecule has 0 saturated carbocycles. The van der Waals surface area contributed by atoms with E-state index in [1.165, 1.54) is 0 Å². The van der Waals surface area contributed by atoms with E-state index in [0.717, 1.165) is 23.3 Å². The molecule has 0 bridgehead atoms. The normalized spacial score (nSPS) is 11.8. The third-order valence-electron chi connectivity index (χ3n) is 4.51. The van der Waals surface area contributed by atoms with Gasteiger partial charge in [-0.1, -0.05) is 63.2 Å². The lowest BCUT2D eigenvalue weighted by Gasteiger charge is -2.33. The largest absolute Gasteiger partial charge is 0.497 e. The number of hydrogen-bond acceptors (Lipinski definition) is 3. The summed E-state index contributed by atoms with van der Waals surface area (Å²) >= 11 is 0. The molecule has 0 fully saturated rings. The number of hydrogen-bond donors (Lipinski definition) is 1. The first-order valence-corrected chi connectivity index (χ1v) is 9.74. The summed E-state index contributed by atoms with van der Waals surface area (Å²) in [6.07, 6.45) is 0.837. The summed E-state index contributed by atoms with van der Waals surface area (Å²) in [6.45, 7) is 6.64. The maximum atomic E-state index is 13.1. The molecule has 0 spiro atoms. The number of amides is 2. The molecule has 0 aliphatic rings. The monoisotopic (exact) mass is 382 g/mol. The average Bonchev–Trinajstić information content (AvgIpc) is 2.72. The molecular formula is C23H30N2O3. The minimum absolute atomic E-state index is 0.0590. The van der Waals surface area contributed by atoms with Crippen LogP contribution in [0.5, 0.6) is 5.75 Å². The van der Waals surface area contributed by atoms with Crippen LogP contribution in [-0.2, 0) is 16.1 Å². The van der Waals surface area contributed by atoms with Crippen LogP contribution in [0.15, 0.2) is 54.6 Å². The number of ether oxygens (including phenoxy) is 1. The van der Waals surface area contributed by atoms with Gasteiger partial charge in [0.05, 0.1) is 7.11 Å². The van der Waals surface area contributed by atoms with Crippen LogP contribution >= 0.6 is 0 Å². The molecule has 1 N–H and O–H groups in total. The first-order valence-electron chi connectivity index (χ1n) is 9.74. The van der Waals surface area contributed by atoms with Gasteiger partial charge in [-0.3, -0.25) is 9.59 Å². The predicted octanol–water partition coefficient (Wildman–Crippen LogP) is 3.95. The van der Waals surface area contributed by atoms with Crippen molar-refractivity contribution < 1.29 is 14.3 Å². The Morgan fingerprint density at radius 2 is 1.68 bits per heavy atom. The minimum Gasteiger partial charge on any atom is -0.497 e. The number of carbonyl (C=O) groups excluding carboxylic acids is 2. The molecule has 2 aromatic carbocycles. The van der Waals surface area contributed by atoms with Gasteiger partial charge in [-0.05, 0) is 29.7 Å². The van der Waals surface area contributed by atoms with Crippen molar-refractivity contribution in [1.82, 2.24) is 10.2 Å². The van der Waals surface area contributed by atoms with E-state index in [9.17, 15) is 9.59 Å². The lowest BCUT2D eigenvalue weighted by Crippen LogP contribution is -2.45. The highest BCUT2D eigenvalue weighted by atomic mass is 16.5. The highest BCUT2D eigenvalue weighted by Gasteiger charge is 2.32. The van der Waals surface area contributed by atoms with Crippen LogP contribution in [0.3, 0.4) is 0 Å². The Labute approximate surface area is 167 Å². The van der Waals surface area contributed by atoms with Crippen molar-refractivity contribution >= 4 is 11.8 Å². The molecule has 5 nitrogen and oxygen atoms in total. The van der Waals surface area contributed by atoms with Crippen molar-refractivity contribution in [3.8, 4) is 5.75 Å². The van der Waals surface area contributed by atoms with Gasteiger partial charge >= 0.3 is 0 Å². The maximum Gasteiger partial charge on any atom is 0.247 e. The fraction of sp³-hybridized carbons (Fsp3) is 0.391. The standard InChI is InChI=1S/C23H30N2O3/c1-5-15-24-22(26)21(19-9-7-6-8-10-19)25(23(27)17(2)3)16-18-11-13-20(28-4)14-12-18/h6-14,17,21H,5,15-16H2,1-4H3,(H,24,26)/t21-/m0/s1. The predicted molar refractivity (Wildman–Crippen MR) is 111 cm³/mol. The van der Waals surface area contributed by atoms with Gasteiger partial charge in [-0.2, -0.15) is 0 Å². The molecule has 1 atom stereocenters. The SMILES string of the molecule is CCCNC(=O)[C@H](c1ccccc1)N(Cc1ccc(OC)cc1)C(=O)C(C)C. The smallest absolute Gasteiger partial charge is 0.247 e. The van der Waals surface area contributed by atoms with Crippen LogP contribution in [0.4, 0.5) is 0 Å². The number of methoxy groups -OCH3 is 1. The van der Waals surface area contributed by atoms with Crippen molar-refractivity contribution in [2.24, 2.45) is 5.92 Å². The summed E-state index contributed by atoms with van der Waals surface area (Å²) in [6, 6.07) is 16.4. The van der Waals surface area contributed by atoms with Crippen molar-refractivity contribution in [3.63, 3.8) is 0 Å². The van der Waals surface area contributed by atoms with Gasteiger partial charge in [0, 0.05) is 19.0 Å². The second-order valence-corrected chi connectivity index (χ2v) is 7.07. The van der Waals surface area contributed by atoms with Crippen molar-refractivity contribution in [3.05, 3.63) is 65.7 Å². The van der Waals surface area contributed by atoms with Crippen LogP contribution in [0.2, 0.25) is 0 Å². The molecule has 0 aliphatic carbocycles.